The van der Waals surface area contributed by atoms with Crippen LogP contribution in [0.5, 0.6) is 0 Å². The van der Waals surface area contributed by atoms with Crippen molar-refractivity contribution in [2.45, 2.75) is 13.5 Å². The maximum Gasteiger partial charge on any atom is 0.226 e. The topological polar surface area (TPSA) is 62.5 Å². The second kappa shape index (κ2) is 9.84. The van der Waals surface area contributed by atoms with E-state index in [-0.39, 0.29) is 24.0 Å². The molecule has 1 aromatic heterocycles. The molecule has 0 fully saturated rings. The van der Waals surface area contributed by atoms with E-state index in [0.29, 0.717) is 24.9 Å². The number of oxazole rings is 1. The number of hydrogen-bond acceptors (Lipinski definition) is 3. The molecule has 2 N–H and O–H groups in total. The second-order valence-electron chi connectivity index (χ2n) is 4.26. The maximum atomic E-state index is 5.47. The van der Waals surface area contributed by atoms with Crippen LogP contribution < -0.4 is 10.6 Å². The standard InChI is InChI=1S/C16H18N4O.HI/c1-3-10-18-16(17-4-2)19-11-14-12-21-15(20-14)13-8-6-5-7-9-13;/h1,5-9,12H,4,10-11H2,2H3,(H2,17,18,19);1H. The first-order valence-electron chi connectivity index (χ1n) is 6.79. The van der Waals surface area contributed by atoms with Gasteiger partial charge in [-0.05, 0) is 19.1 Å². The fourth-order valence-electron chi connectivity index (χ4n) is 1.73. The third-order valence-electron chi connectivity index (χ3n) is 2.67. The van der Waals surface area contributed by atoms with E-state index in [0.717, 1.165) is 17.8 Å². The minimum atomic E-state index is 0. The minimum Gasteiger partial charge on any atom is -0.444 e. The molecule has 0 aliphatic heterocycles. The number of hydrogen-bond donors (Lipinski definition) is 2. The number of terminal acetylenes is 1. The Morgan fingerprint density at radius 3 is 2.77 bits per heavy atom. The van der Waals surface area contributed by atoms with E-state index in [4.69, 9.17) is 10.8 Å². The highest BCUT2D eigenvalue weighted by Crippen LogP contribution is 2.18. The molecule has 0 saturated carbocycles. The van der Waals surface area contributed by atoms with E-state index in [2.05, 4.69) is 26.5 Å². The molecule has 0 amide bonds. The number of aliphatic imine (C=N–C) groups is 1. The quantitative estimate of drug-likeness (QED) is 0.345. The van der Waals surface area contributed by atoms with Gasteiger partial charge in [0.05, 0.1) is 13.1 Å². The molecule has 1 heterocycles. The number of aromatic nitrogens is 1. The molecule has 0 spiro atoms. The molecule has 1 aromatic carbocycles. The van der Waals surface area contributed by atoms with Gasteiger partial charge in [-0.1, -0.05) is 24.1 Å². The Morgan fingerprint density at radius 2 is 2.09 bits per heavy atom. The molecular formula is C16H19IN4O. The number of guanidine groups is 1. The highest BCUT2D eigenvalue weighted by atomic mass is 127. The molecule has 0 unspecified atom stereocenters. The molecule has 0 bridgehead atoms. The smallest absolute Gasteiger partial charge is 0.226 e. The van der Waals surface area contributed by atoms with Gasteiger partial charge < -0.3 is 15.1 Å². The van der Waals surface area contributed by atoms with Crippen molar-refractivity contribution in [1.82, 2.24) is 15.6 Å². The Morgan fingerprint density at radius 1 is 1.32 bits per heavy atom. The van der Waals surface area contributed by atoms with E-state index in [1.807, 2.05) is 37.3 Å². The molecule has 0 aliphatic rings. The zero-order valence-corrected chi connectivity index (χ0v) is 14.7. The van der Waals surface area contributed by atoms with Gasteiger partial charge in [-0.3, -0.25) is 0 Å². The van der Waals surface area contributed by atoms with Gasteiger partial charge in [-0.2, -0.15) is 0 Å². The predicted octanol–water partition coefficient (Wildman–Crippen LogP) is 2.65. The maximum absolute atomic E-state index is 5.47. The van der Waals surface area contributed by atoms with Crippen molar-refractivity contribution in [3.8, 4) is 23.8 Å². The van der Waals surface area contributed by atoms with Gasteiger partial charge in [0.2, 0.25) is 5.89 Å². The molecular weight excluding hydrogens is 391 g/mol. The van der Waals surface area contributed by atoms with Crippen molar-refractivity contribution >= 4 is 29.9 Å². The lowest BCUT2D eigenvalue weighted by Crippen LogP contribution is -2.37. The van der Waals surface area contributed by atoms with E-state index in [1.54, 1.807) is 6.26 Å². The van der Waals surface area contributed by atoms with Crippen molar-refractivity contribution in [2.75, 3.05) is 13.1 Å². The Kier molecular flexibility index (Phi) is 8.07. The first-order chi connectivity index (χ1) is 10.3. The number of nitrogens with one attached hydrogen (secondary N) is 2. The Hall–Kier alpha value is -2.01. The monoisotopic (exact) mass is 410 g/mol. The van der Waals surface area contributed by atoms with E-state index < -0.39 is 0 Å². The number of rotatable bonds is 5. The van der Waals surface area contributed by atoms with Gasteiger partial charge in [0.15, 0.2) is 5.96 Å². The third-order valence-corrected chi connectivity index (χ3v) is 2.67. The van der Waals surface area contributed by atoms with Crippen LogP contribution in [-0.4, -0.2) is 24.0 Å². The molecule has 2 aromatic rings. The van der Waals surface area contributed by atoms with Crippen molar-refractivity contribution in [3.63, 3.8) is 0 Å². The lowest BCUT2D eigenvalue weighted by molar-refractivity contribution is 0.572. The molecule has 0 atom stereocenters. The van der Waals surface area contributed by atoms with Gasteiger partial charge in [-0.25, -0.2) is 9.98 Å². The summed E-state index contributed by atoms with van der Waals surface area (Å²) in [7, 11) is 0. The second-order valence-corrected chi connectivity index (χ2v) is 4.26. The van der Waals surface area contributed by atoms with Crippen molar-refractivity contribution < 1.29 is 4.42 Å². The van der Waals surface area contributed by atoms with Crippen LogP contribution in [0.25, 0.3) is 11.5 Å². The summed E-state index contributed by atoms with van der Waals surface area (Å²) in [5.74, 6) is 3.78. The van der Waals surface area contributed by atoms with Crippen molar-refractivity contribution in [3.05, 3.63) is 42.3 Å². The summed E-state index contributed by atoms with van der Waals surface area (Å²) in [6.45, 7) is 3.62. The van der Waals surface area contributed by atoms with Gasteiger partial charge in [0, 0.05) is 12.1 Å². The van der Waals surface area contributed by atoms with Crippen LogP contribution >= 0.6 is 24.0 Å². The molecule has 22 heavy (non-hydrogen) atoms. The van der Waals surface area contributed by atoms with Crippen molar-refractivity contribution in [2.24, 2.45) is 4.99 Å². The van der Waals surface area contributed by atoms with Crippen LogP contribution in [0, 0.1) is 12.3 Å². The fraction of sp³-hybridized carbons (Fsp3) is 0.250. The largest absolute Gasteiger partial charge is 0.444 e. The predicted molar refractivity (Wildman–Crippen MR) is 99.0 cm³/mol. The number of nitrogens with zero attached hydrogens (tertiary/aromatic N) is 2. The summed E-state index contributed by atoms with van der Waals surface area (Å²) in [5, 5.41) is 6.13. The van der Waals surface area contributed by atoms with Crippen LogP contribution in [0.3, 0.4) is 0 Å². The summed E-state index contributed by atoms with van der Waals surface area (Å²) in [6, 6.07) is 9.76. The first kappa shape index (κ1) is 18.0. The minimum absolute atomic E-state index is 0. The van der Waals surface area contributed by atoms with Crippen molar-refractivity contribution in [1.29, 1.82) is 0 Å². The lowest BCUT2D eigenvalue weighted by Gasteiger charge is -2.07. The van der Waals surface area contributed by atoms with E-state index >= 15 is 0 Å². The molecule has 5 nitrogen and oxygen atoms in total. The fourth-order valence-corrected chi connectivity index (χ4v) is 1.73. The summed E-state index contributed by atoms with van der Waals surface area (Å²) >= 11 is 0. The SMILES string of the molecule is C#CCNC(=NCc1coc(-c2ccccc2)n1)NCC.I. The van der Waals surface area contributed by atoms with Gasteiger partial charge in [-0.15, -0.1) is 30.4 Å². The average molecular weight is 410 g/mol. The number of benzene rings is 1. The van der Waals surface area contributed by atoms with Crippen LogP contribution in [-0.2, 0) is 6.54 Å². The zero-order valence-electron chi connectivity index (χ0n) is 12.4. The molecule has 0 radical (unpaired) electrons. The van der Waals surface area contributed by atoms with Crippen LogP contribution in [0.15, 0.2) is 46.0 Å². The molecule has 6 heteroatoms. The highest BCUT2D eigenvalue weighted by molar-refractivity contribution is 14.0. The zero-order chi connectivity index (χ0) is 14.9. The molecule has 0 aliphatic carbocycles. The summed E-state index contributed by atoms with van der Waals surface area (Å²) < 4.78 is 5.47. The first-order valence-corrected chi connectivity index (χ1v) is 6.79. The Labute approximate surface area is 147 Å². The number of halogens is 1. The van der Waals surface area contributed by atoms with E-state index in [1.165, 1.54) is 0 Å². The third kappa shape index (κ3) is 5.41. The summed E-state index contributed by atoms with van der Waals surface area (Å²) in [4.78, 5) is 8.83. The van der Waals surface area contributed by atoms with E-state index in [9.17, 15) is 0 Å². The van der Waals surface area contributed by atoms with Crippen LogP contribution in [0.2, 0.25) is 0 Å². The summed E-state index contributed by atoms with van der Waals surface area (Å²) in [6.07, 6.45) is 6.85. The Balaban J connectivity index is 0.00000242. The molecule has 2 rings (SSSR count). The lowest BCUT2D eigenvalue weighted by atomic mass is 10.2. The Bertz CT molecular complexity index is 631. The normalized spacial score (nSPS) is 10.5. The molecule has 0 saturated heterocycles. The van der Waals surface area contributed by atoms with Crippen LogP contribution in [0.1, 0.15) is 12.6 Å². The van der Waals surface area contributed by atoms with Crippen LogP contribution in [0.4, 0.5) is 0 Å². The molecule has 116 valence electrons. The average Bonchev–Trinajstić information content (AvgIpc) is 3.00. The van der Waals surface area contributed by atoms with Gasteiger partial charge in [0.1, 0.15) is 12.0 Å². The van der Waals surface area contributed by atoms with Gasteiger partial charge in [0.25, 0.3) is 0 Å². The van der Waals surface area contributed by atoms with Gasteiger partial charge >= 0.3 is 0 Å². The summed E-state index contributed by atoms with van der Waals surface area (Å²) in [5.41, 5.74) is 1.72. The highest BCUT2D eigenvalue weighted by Gasteiger charge is 2.06.